The Hall–Kier alpha value is -1.31. The van der Waals surface area contributed by atoms with Gasteiger partial charge in [-0.2, -0.15) is 0 Å². The lowest BCUT2D eigenvalue weighted by atomic mass is 10.1. The van der Waals surface area contributed by atoms with E-state index < -0.39 is 0 Å². The molecule has 3 aromatic rings. The van der Waals surface area contributed by atoms with Crippen LogP contribution in [0, 0.1) is 0 Å². The summed E-state index contributed by atoms with van der Waals surface area (Å²) in [5, 5.41) is 3.85. The highest BCUT2D eigenvalue weighted by Crippen LogP contribution is 2.27. The van der Waals surface area contributed by atoms with Gasteiger partial charge in [-0.1, -0.05) is 48.0 Å². The van der Waals surface area contributed by atoms with Gasteiger partial charge in [0, 0.05) is 16.3 Å². The largest absolute Gasteiger partial charge is 0.235 e. The molecule has 0 N–H and O–H groups in total. The highest BCUT2D eigenvalue weighted by molar-refractivity contribution is 6.31. The van der Waals surface area contributed by atoms with Crippen LogP contribution in [0.4, 0.5) is 0 Å². The van der Waals surface area contributed by atoms with Gasteiger partial charge in [-0.15, -0.1) is 11.6 Å². The van der Waals surface area contributed by atoms with Crippen molar-refractivity contribution in [2.45, 2.75) is 5.88 Å². The third-order valence-electron chi connectivity index (χ3n) is 2.88. The van der Waals surface area contributed by atoms with Crippen molar-refractivity contribution >= 4 is 44.9 Å². The van der Waals surface area contributed by atoms with Crippen molar-refractivity contribution in [3.8, 4) is 0 Å². The second kappa shape index (κ2) is 4.17. The van der Waals surface area contributed by atoms with Crippen molar-refractivity contribution in [2.75, 3.05) is 0 Å². The maximum Gasteiger partial charge on any atom is 0.134 e. The number of pyridine rings is 1. The Morgan fingerprint density at radius 2 is 1.76 bits per heavy atom. The van der Waals surface area contributed by atoms with Gasteiger partial charge in [-0.05, 0) is 11.5 Å². The highest BCUT2D eigenvalue weighted by Gasteiger charge is 2.06. The molecule has 0 aliphatic rings. The van der Waals surface area contributed by atoms with Crippen LogP contribution in [-0.4, -0.2) is 4.98 Å². The second-order valence-electron chi connectivity index (χ2n) is 3.93. The molecule has 3 heteroatoms. The van der Waals surface area contributed by atoms with Crippen molar-refractivity contribution in [2.24, 2.45) is 0 Å². The number of rotatable bonds is 1. The molecular weight excluding hydrogens is 253 g/mol. The highest BCUT2D eigenvalue weighted by atomic mass is 35.5. The van der Waals surface area contributed by atoms with Crippen molar-refractivity contribution < 1.29 is 0 Å². The van der Waals surface area contributed by atoms with Crippen molar-refractivity contribution in [3.05, 3.63) is 53.2 Å². The van der Waals surface area contributed by atoms with Gasteiger partial charge in [0.15, 0.2) is 0 Å². The molecule has 0 fully saturated rings. The van der Waals surface area contributed by atoms with Gasteiger partial charge in [-0.3, -0.25) is 0 Å². The Bertz CT molecular complexity index is 707. The lowest BCUT2D eigenvalue weighted by molar-refractivity contribution is 1.31. The topological polar surface area (TPSA) is 12.9 Å². The van der Waals surface area contributed by atoms with Crippen LogP contribution in [0.2, 0.25) is 5.15 Å². The summed E-state index contributed by atoms with van der Waals surface area (Å²) >= 11 is 11.9. The van der Waals surface area contributed by atoms with E-state index in [0.717, 1.165) is 21.9 Å². The molecule has 17 heavy (non-hydrogen) atoms. The van der Waals surface area contributed by atoms with E-state index in [1.165, 1.54) is 5.39 Å². The van der Waals surface area contributed by atoms with E-state index in [1.54, 1.807) is 0 Å². The Labute approximate surface area is 109 Å². The summed E-state index contributed by atoms with van der Waals surface area (Å²) in [6, 6.07) is 14.3. The molecule has 0 aliphatic heterocycles. The van der Waals surface area contributed by atoms with Gasteiger partial charge in [0.2, 0.25) is 0 Å². The summed E-state index contributed by atoms with van der Waals surface area (Å²) in [4.78, 5) is 4.46. The molecule has 1 heterocycles. The van der Waals surface area contributed by atoms with Gasteiger partial charge in [0.25, 0.3) is 0 Å². The normalized spacial score (nSPS) is 11.2. The summed E-state index contributed by atoms with van der Waals surface area (Å²) in [5.74, 6) is 0.384. The average Bonchev–Trinajstić information content (AvgIpc) is 2.38. The number of alkyl halides is 1. The molecule has 1 nitrogen and oxygen atoms in total. The SMILES string of the molecule is ClCc1cc2ccc3ccccc3c2nc1Cl. The molecule has 84 valence electrons. The van der Waals surface area contributed by atoms with Gasteiger partial charge in [0.1, 0.15) is 5.15 Å². The van der Waals surface area contributed by atoms with Crippen LogP contribution < -0.4 is 0 Å². The van der Waals surface area contributed by atoms with E-state index in [1.807, 2.05) is 18.2 Å². The first-order valence-electron chi connectivity index (χ1n) is 5.32. The molecule has 3 rings (SSSR count). The van der Waals surface area contributed by atoms with Crippen LogP contribution in [0.1, 0.15) is 5.56 Å². The number of hydrogen-bond donors (Lipinski definition) is 0. The predicted octanol–water partition coefficient (Wildman–Crippen LogP) is 4.78. The van der Waals surface area contributed by atoms with Gasteiger partial charge in [0.05, 0.1) is 11.4 Å². The molecule has 1 aromatic heterocycles. The van der Waals surface area contributed by atoms with Crippen LogP contribution in [0.3, 0.4) is 0 Å². The Morgan fingerprint density at radius 3 is 2.59 bits per heavy atom. The van der Waals surface area contributed by atoms with Crippen LogP contribution >= 0.6 is 23.2 Å². The van der Waals surface area contributed by atoms with Crippen LogP contribution in [0.25, 0.3) is 21.7 Å². The lowest BCUT2D eigenvalue weighted by Crippen LogP contribution is -1.88. The quantitative estimate of drug-likeness (QED) is 0.349. The van der Waals surface area contributed by atoms with E-state index in [4.69, 9.17) is 23.2 Å². The first kappa shape index (κ1) is 10.8. The maximum atomic E-state index is 6.11. The zero-order valence-electron chi connectivity index (χ0n) is 8.95. The van der Waals surface area contributed by atoms with Crippen molar-refractivity contribution in [1.82, 2.24) is 4.98 Å². The summed E-state index contributed by atoms with van der Waals surface area (Å²) in [6.45, 7) is 0. The van der Waals surface area contributed by atoms with Crippen LogP contribution in [0.5, 0.6) is 0 Å². The van der Waals surface area contributed by atoms with Crippen LogP contribution in [0.15, 0.2) is 42.5 Å². The maximum absolute atomic E-state index is 6.11. The molecule has 0 bridgehead atoms. The fourth-order valence-electron chi connectivity index (χ4n) is 2.02. The molecule has 0 radical (unpaired) electrons. The smallest absolute Gasteiger partial charge is 0.134 e. The third kappa shape index (κ3) is 1.76. The molecule has 0 amide bonds. The van der Waals surface area contributed by atoms with E-state index >= 15 is 0 Å². The molecule has 0 saturated carbocycles. The minimum Gasteiger partial charge on any atom is -0.235 e. The number of halogens is 2. The predicted molar refractivity (Wildman–Crippen MR) is 73.8 cm³/mol. The zero-order chi connectivity index (χ0) is 11.8. The Morgan fingerprint density at radius 1 is 1.00 bits per heavy atom. The molecule has 0 unspecified atom stereocenters. The molecule has 0 saturated heterocycles. The van der Waals surface area contributed by atoms with E-state index in [0.29, 0.717) is 11.0 Å². The first-order chi connectivity index (χ1) is 8.29. The number of nitrogens with zero attached hydrogens (tertiary/aromatic N) is 1. The summed E-state index contributed by atoms with van der Waals surface area (Å²) in [5.41, 5.74) is 1.80. The fraction of sp³-hybridized carbons (Fsp3) is 0.0714. The number of hydrogen-bond acceptors (Lipinski definition) is 1. The van der Waals surface area contributed by atoms with E-state index in [9.17, 15) is 0 Å². The number of benzene rings is 2. The summed E-state index contributed by atoms with van der Waals surface area (Å²) in [7, 11) is 0. The first-order valence-corrected chi connectivity index (χ1v) is 6.23. The van der Waals surface area contributed by atoms with E-state index in [-0.39, 0.29) is 0 Å². The molecule has 0 spiro atoms. The van der Waals surface area contributed by atoms with Gasteiger partial charge in [-0.25, -0.2) is 4.98 Å². The van der Waals surface area contributed by atoms with Crippen molar-refractivity contribution in [1.29, 1.82) is 0 Å². The summed E-state index contributed by atoms with van der Waals surface area (Å²) < 4.78 is 0. The summed E-state index contributed by atoms with van der Waals surface area (Å²) in [6.07, 6.45) is 0. The lowest BCUT2D eigenvalue weighted by Gasteiger charge is -2.06. The van der Waals surface area contributed by atoms with Gasteiger partial charge >= 0.3 is 0 Å². The molecule has 0 aliphatic carbocycles. The van der Waals surface area contributed by atoms with E-state index in [2.05, 4.69) is 29.2 Å². The number of fused-ring (bicyclic) bond motifs is 3. The molecular formula is C14H9Cl2N. The Kier molecular flexibility index (Phi) is 2.65. The monoisotopic (exact) mass is 261 g/mol. The molecule has 0 atom stereocenters. The minimum atomic E-state index is 0.384. The minimum absolute atomic E-state index is 0.384. The average molecular weight is 262 g/mol. The standard InChI is InChI=1S/C14H9Cl2N/c15-8-11-7-10-6-5-9-3-1-2-4-12(9)13(10)17-14(11)16/h1-7H,8H2. The number of aromatic nitrogens is 1. The Balaban J connectivity index is 2.46. The zero-order valence-corrected chi connectivity index (χ0v) is 10.5. The third-order valence-corrected chi connectivity index (χ3v) is 3.50. The fourth-order valence-corrected chi connectivity index (χ4v) is 2.50. The van der Waals surface area contributed by atoms with Crippen LogP contribution in [-0.2, 0) is 5.88 Å². The molecule has 2 aromatic carbocycles. The second-order valence-corrected chi connectivity index (χ2v) is 4.56. The van der Waals surface area contributed by atoms with Gasteiger partial charge < -0.3 is 0 Å². The van der Waals surface area contributed by atoms with Crippen molar-refractivity contribution in [3.63, 3.8) is 0 Å².